The molecule has 1 aliphatic heterocycles. The summed E-state index contributed by atoms with van der Waals surface area (Å²) >= 11 is 1.85. The molecule has 1 N–H and O–H groups in total. The molecule has 1 saturated heterocycles. The molecule has 7 nitrogen and oxygen atoms in total. The number of amides is 1. The molecule has 0 bridgehead atoms. The quantitative estimate of drug-likeness (QED) is 0.642. The summed E-state index contributed by atoms with van der Waals surface area (Å²) in [5.74, 6) is 1.38. The molecule has 3 aromatic rings. The molecular weight excluding hydrogens is 400 g/mol. The number of esters is 1. The van der Waals surface area contributed by atoms with E-state index in [-0.39, 0.29) is 5.91 Å². The van der Waals surface area contributed by atoms with Gasteiger partial charge in [0.25, 0.3) is 5.91 Å². The van der Waals surface area contributed by atoms with Crippen molar-refractivity contribution in [2.75, 3.05) is 37.0 Å². The lowest BCUT2D eigenvalue weighted by Crippen LogP contribution is -2.38. The van der Waals surface area contributed by atoms with Gasteiger partial charge in [-0.3, -0.25) is 4.79 Å². The molecule has 0 saturated carbocycles. The number of nitrogens with zero attached hydrogens (tertiary/aromatic N) is 3. The summed E-state index contributed by atoms with van der Waals surface area (Å²) in [5, 5.41) is 4.09. The van der Waals surface area contributed by atoms with Gasteiger partial charge in [-0.25, -0.2) is 14.8 Å². The van der Waals surface area contributed by atoms with Crippen molar-refractivity contribution in [2.45, 2.75) is 6.92 Å². The number of aryl methyl sites for hydroxylation is 1. The summed E-state index contributed by atoms with van der Waals surface area (Å²) in [5.41, 5.74) is 3.64. The summed E-state index contributed by atoms with van der Waals surface area (Å²) in [6, 6.07) is 10.8. The van der Waals surface area contributed by atoms with E-state index in [0.29, 0.717) is 41.2 Å². The van der Waals surface area contributed by atoms with Gasteiger partial charge < -0.3 is 15.0 Å². The van der Waals surface area contributed by atoms with Crippen LogP contribution in [0, 0.1) is 6.92 Å². The lowest BCUT2D eigenvalue weighted by atomic mass is 10.1. The lowest BCUT2D eigenvalue weighted by Gasteiger charge is -2.27. The van der Waals surface area contributed by atoms with Crippen LogP contribution in [0.4, 0.5) is 11.4 Å². The molecule has 8 heteroatoms. The third kappa shape index (κ3) is 4.09. The van der Waals surface area contributed by atoms with Crippen LogP contribution in [0.25, 0.3) is 11.0 Å². The number of methoxy groups -OCH3 is 1. The number of hydrogen-bond donors (Lipinski definition) is 1. The third-order valence-electron chi connectivity index (χ3n) is 4.95. The minimum absolute atomic E-state index is 0.0584. The number of rotatable bonds is 4. The van der Waals surface area contributed by atoms with Crippen LogP contribution in [0.15, 0.2) is 42.6 Å². The second-order valence-electron chi connectivity index (χ2n) is 6.97. The number of carbonyl (C=O) groups is 2. The van der Waals surface area contributed by atoms with E-state index in [1.54, 1.807) is 24.4 Å². The van der Waals surface area contributed by atoms with Crippen molar-refractivity contribution in [3.8, 4) is 0 Å². The predicted molar refractivity (Wildman–Crippen MR) is 119 cm³/mol. The minimum Gasteiger partial charge on any atom is -0.465 e. The van der Waals surface area contributed by atoms with Gasteiger partial charge >= 0.3 is 5.97 Å². The van der Waals surface area contributed by atoms with Crippen molar-refractivity contribution in [3.05, 3.63) is 59.4 Å². The smallest absolute Gasteiger partial charge is 0.337 e. The largest absolute Gasteiger partial charge is 0.465 e. The Bertz CT molecular complexity index is 1110. The first-order valence-corrected chi connectivity index (χ1v) is 10.8. The molecule has 1 aromatic carbocycles. The Balaban J connectivity index is 1.79. The zero-order valence-corrected chi connectivity index (χ0v) is 17.7. The normalized spacial score (nSPS) is 13.9. The standard InChI is InChI=1S/C22H22N4O3S/c1-14-6-7-17-19(25-16-5-3-4-15(12-16)22(28)29-2)18(13-23-20(17)24-14)21(27)26-8-10-30-11-9-26/h3-7,12-13H,8-11H2,1-2H3,(H,23,24,25). The molecule has 0 atom stereocenters. The maximum absolute atomic E-state index is 13.3. The average Bonchev–Trinajstić information content (AvgIpc) is 2.79. The number of hydrogen-bond acceptors (Lipinski definition) is 7. The van der Waals surface area contributed by atoms with Crippen LogP contribution in [0.1, 0.15) is 26.4 Å². The van der Waals surface area contributed by atoms with Gasteiger partial charge in [0, 0.05) is 47.6 Å². The summed E-state index contributed by atoms with van der Waals surface area (Å²) < 4.78 is 4.82. The van der Waals surface area contributed by atoms with Gasteiger partial charge in [-0.1, -0.05) is 6.07 Å². The summed E-state index contributed by atoms with van der Waals surface area (Å²) in [4.78, 5) is 36.0. The van der Waals surface area contributed by atoms with Gasteiger partial charge in [0.1, 0.15) is 0 Å². The van der Waals surface area contributed by atoms with Crippen molar-refractivity contribution >= 4 is 46.0 Å². The molecule has 2 aromatic heterocycles. The fraction of sp³-hybridized carbons (Fsp3) is 0.273. The fourth-order valence-corrected chi connectivity index (χ4v) is 4.29. The SMILES string of the molecule is COC(=O)c1cccc(Nc2c(C(=O)N3CCSCC3)cnc3nc(C)ccc23)c1. The highest BCUT2D eigenvalue weighted by Crippen LogP contribution is 2.30. The Hall–Kier alpha value is -3.13. The number of fused-ring (bicyclic) bond motifs is 1. The van der Waals surface area contributed by atoms with Crippen LogP contribution in [-0.2, 0) is 4.74 Å². The van der Waals surface area contributed by atoms with E-state index in [2.05, 4.69) is 15.3 Å². The van der Waals surface area contributed by atoms with E-state index in [1.807, 2.05) is 41.8 Å². The molecular formula is C22H22N4O3S. The topological polar surface area (TPSA) is 84.4 Å². The molecule has 3 heterocycles. The van der Waals surface area contributed by atoms with Gasteiger partial charge in [0.2, 0.25) is 0 Å². The Labute approximate surface area is 178 Å². The van der Waals surface area contributed by atoms with Crippen LogP contribution < -0.4 is 5.32 Å². The first-order valence-electron chi connectivity index (χ1n) is 9.65. The summed E-state index contributed by atoms with van der Waals surface area (Å²) in [7, 11) is 1.35. The second-order valence-corrected chi connectivity index (χ2v) is 8.20. The predicted octanol–water partition coefficient (Wildman–Crippen LogP) is 3.66. The van der Waals surface area contributed by atoms with Crippen molar-refractivity contribution < 1.29 is 14.3 Å². The van der Waals surface area contributed by atoms with Crippen LogP contribution in [-0.4, -0.2) is 58.4 Å². The highest BCUT2D eigenvalue weighted by Gasteiger charge is 2.23. The number of benzene rings is 1. The number of anilines is 2. The minimum atomic E-state index is -0.419. The Morgan fingerprint density at radius 3 is 2.73 bits per heavy atom. The van der Waals surface area contributed by atoms with E-state index < -0.39 is 5.97 Å². The first-order chi connectivity index (χ1) is 14.6. The molecule has 1 fully saturated rings. The van der Waals surface area contributed by atoms with Crippen LogP contribution in [0.5, 0.6) is 0 Å². The second kappa shape index (κ2) is 8.71. The van der Waals surface area contributed by atoms with Crippen LogP contribution in [0.2, 0.25) is 0 Å². The maximum Gasteiger partial charge on any atom is 0.337 e. The Morgan fingerprint density at radius 1 is 1.17 bits per heavy atom. The lowest BCUT2D eigenvalue weighted by molar-refractivity contribution is 0.0600. The molecule has 154 valence electrons. The summed E-state index contributed by atoms with van der Waals surface area (Å²) in [6.07, 6.45) is 1.59. The van der Waals surface area contributed by atoms with E-state index >= 15 is 0 Å². The molecule has 0 unspecified atom stereocenters. The Morgan fingerprint density at radius 2 is 1.97 bits per heavy atom. The van der Waals surface area contributed by atoms with Gasteiger partial charge in [0.15, 0.2) is 5.65 Å². The van der Waals surface area contributed by atoms with Crippen molar-refractivity contribution in [1.29, 1.82) is 0 Å². The zero-order chi connectivity index (χ0) is 21.1. The number of nitrogens with one attached hydrogen (secondary N) is 1. The summed E-state index contributed by atoms with van der Waals surface area (Å²) in [6.45, 7) is 3.33. The molecule has 0 radical (unpaired) electrons. The van der Waals surface area contributed by atoms with E-state index in [1.165, 1.54) is 7.11 Å². The van der Waals surface area contributed by atoms with Gasteiger partial charge in [-0.15, -0.1) is 0 Å². The van der Waals surface area contributed by atoms with Crippen LogP contribution >= 0.6 is 11.8 Å². The third-order valence-corrected chi connectivity index (χ3v) is 5.89. The monoisotopic (exact) mass is 422 g/mol. The van der Waals surface area contributed by atoms with E-state index in [4.69, 9.17) is 4.74 Å². The molecule has 30 heavy (non-hydrogen) atoms. The van der Waals surface area contributed by atoms with E-state index in [9.17, 15) is 9.59 Å². The highest BCUT2D eigenvalue weighted by atomic mass is 32.2. The molecule has 1 aliphatic rings. The van der Waals surface area contributed by atoms with Crippen molar-refractivity contribution in [3.63, 3.8) is 0 Å². The number of ether oxygens (including phenoxy) is 1. The average molecular weight is 423 g/mol. The zero-order valence-electron chi connectivity index (χ0n) is 16.8. The number of aromatic nitrogens is 2. The van der Waals surface area contributed by atoms with Crippen molar-refractivity contribution in [2.24, 2.45) is 0 Å². The Kier molecular flexibility index (Phi) is 5.85. The molecule has 4 rings (SSSR count). The number of thioether (sulfide) groups is 1. The number of pyridine rings is 2. The van der Waals surface area contributed by atoms with Crippen LogP contribution in [0.3, 0.4) is 0 Å². The van der Waals surface area contributed by atoms with Gasteiger partial charge in [-0.2, -0.15) is 11.8 Å². The van der Waals surface area contributed by atoms with Crippen molar-refractivity contribution in [1.82, 2.24) is 14.9 Å². The molecule has 1 amide bonds. The highest BCUT2D eigenvalue weighted by molar-refractivity contribution is 7.99. The van der Waals surface area contributed by atoms with E-state index in [0.717, 1.165) is 22.6 Å². The number of carbonyl (C=O) groups excluding carboxylic acids is 2. The molecule has 0 spiro atoms. The first kappa shape index (κ1) is 20.2. The fourth-order valence-electron chi connectivity index (χ4n) is 3.39. The maximum atomic E-state index is 13.3. The van der Waals surface area contributed by atoms with Gasteiger partial charge in [0.05, 0.1) is 23.9 Å². The van der Waals surface area contributed by atoms with Gasteiger partial charge in [-0.05, 0) is 37.3 Å². The molecule has 0 aliphatic carbocycles.